The molecule has 0 radical (unpaired) electrons. The van der Waals surface area contributed by atoms with Gasteiger partial charge >= 0.3 is 0 Å². The number of ether oxygens (including phenoxy) is 4. The zero-order valence-corrected chi connectivity index (χ0v) is 17.8. The van der Waals surface area contributed by atoms with Gasteiger partial charge in [-0.25, -0.2) is 0 Å². The average Bonchev–Trinajstić information content (AvgIpc) is 3.06. The maximum absolute atomic E-state index is 13.0. The van der Waals surface area contributed by atoms with Gasteiger partial charge in [-0.05, 0) is 12.1 Å². The van der Waals surface area contributed by atoms with Gasteiger partial charge in [-0.1, -0.05) is 30.3 Å². The molecule has 1 heterocycles. The topological polar surface area (TPSA) is 94.5 Å². The van der Waals surface area contributed by atoms with Gasteiger partial charge in [-0.15, -0.1) is 0 Å². The van der Waals surface area contributed by atoms with Crippen LogP contribution in [0.5, 0.6) is 11.5 Å². The van der Waals surface area contributed by atoms with Crippen molar-refractivity contribution in [2.75, 3.05) is 35.0 Å². The van der Waals surface area contributed by atoms with E-state index in [4.69, 9.17) is 18.9 Å². The Bertz CT molecular complexity index is 983. The lowest BCUT2D eigenvalue weighted by atomic mass is 9.94. The zero-order valence-electron chi connectivity index (χ0n) is 17.8. The van der Waals surface area contributed by atoms with Crippen LogP contribution in [0.3, 0.4) is 0 Å². The Hall–Kier alpha value is -3.36. The molecule has 0 spiro atoms. The Morgan fingerprint density at radius 3 is 2.26 bits per heavy atom. The maximum Gasteiger partial charge on any atom is 0.295 e. The van der Waals surface area contributed by atoms with Crippen molar-refractivity contribution < 1.29 is 33.6 Å². The predicted molar refractivity (Wildman–Crippen MR) is 113 cm³/mol. The van der Waals surface area contributed by atoms with Crippen molar-refractivity contribution in [2.45, 2.75) is 12.3 Å². The van der Waals surface area contributed by atoms with Gasteiger partial charge in [0.1, 0.15) is 17.3 Å². The number of rotatable bonds is 8. The second-order valence-corrected chi connectivity index (χ2v) is 6.83. The highest BCUT2D eigenvalue weighted by Gasteiger charge is 2.47. The number of hydrogen-bond donors (Lipinski definition) is 1. The number of benzene rings is 2. The molecule has 1 atom stereocenters. The number of aliphatic hydroxyl groups is 1. The van der Waals surface area contributed by atoms with Gasteiger partial charge in [0, 0.05) is 31.4 Å². The van der Waals surface area contributed by atoms with Gasteiger partial charge in [0.05, 0.1) is 32.4 Å². The molecule has 0 saturated carbocycles. The Labute approximate surface area is 180 Å². The fourth-order valence-electron chi connectivity index (χ4n) is 3.59. The molecule has 0 aliphatic carbocycles. The van der Waals surface area contributed by atoms with Gasteiger partial charge in [0.25, 0.3) is 11.7 Å². The van der Waals surface area contributed by atoms with Crippen molar-refractivity contribution in [3.8, 4) is 11.5 Å². The third-order valence-electron chi connectivity index (χ3n) is 5.19. The van der Waals surface area contributed by atoms with E-state index in [1.807, 2.05) is 0 Å². The molecule has 3 rings (SSSR count). The van der Waals surface area contributed by atoms with Crippen molar-refractivity contribution in [2.24, 2.45) is 0 Å². The molecule has 0 aromatic heterocycles. The van der Waals surface area contributed by atoms with Gasteiger partial charge in [-0.3, -0.25) is 9.59 Å². The first-order chi connectivity index (χ1) is 15.0. The van der Waals surface area contributed by atoms with Crippen LogP contribution in [0.4, 0.5) is 0 Å². The number of nitrogens with zero attached hydrogens (tertiary/aromatic N) is 1. The summed E-state index contributed by atoms with van der Waals surface area (Å²) in [6.07, 6.45) is -0.762. The van der Waals surface area contributed by atoms with Crippen molar-refractivity contribution >= 4 is 17.4 Å². The van der Waals surface area contributed by atoms with Crippen LogP contribution in [0.1, 0.15) is 17.2 Å². The fraction of sp³-hybridized carbons (Fsp3) is 0.304. The van der Waals surface area contributed by atoms with Gasteiger partial charge in [0.2, 0.25) is 0 Å². The van der Waals surface area contributed by atoms with Gasteiger partial charge in [-0.2, -0.15) is 0 Å². The highest BCUT2D eigenvalue weighted by Crippen LogP contribution is 2.43. The van der Waals surface area contributed by atoms with Crippen molar-refractivity contribution in [1.29, 1.82) is 0 Å². The minimum absolute atomic E-state index is 0.0248. The second-order valence-electron chi connectivity index (χ2n) is 6.83. The molecular formula is C23H25NO7. The van der Waals surface area contributed by atoms with Crippen molar-refractivity contribution in [1.82, 2.24) is 4.90 Å². The molecule has 31 heavy (non-hydrogen) atoms. The number of ketones is 1. The van der Waals surface area contributed by atoms with E-state index in [2.05, 4.69) is 0 Å². The Balaban J connectivity index is 2.22. The normalized spacial score (nSPS) is 18.0. The van der Waals surface area contributed by atoms with Gasteiger partial charge < -0.3 is 29.0 Å². The van der Waals surface area contributed by atoms with Crippen molar-refractivity contribution in [3.05, 3.63) is 65.2 Å². The van der Waals surface area contributed by atoms with E-state index in [1.165, 1.54) is 33.3 Å². The number of Topliss-reactive ketones (excluding diaryl/α,β-unsaturated/α-hetero) is 1. The van der Waals surface area contributed by atoms with Gasteiger partial charge in [0.15, 0.2) is 6.29 Å². The molecule has 8 nitrogen and oxygen atoms in total. The quantitative estimate of drug-likeness (QED) is 0.300. The summed E-state index contributed by atoms with van der Waals surface area (Å²) in [6, 6.07) is 12.7. The number of methoxy groups -OCH3 is 4. The molecule has 2 aromatic rings. The standard InChI is InChI=1S/C23H25NO7/c1-28-15-10-11-16(17(12-15)29-2)20-19(21(25)14-8-6-5-7-9-14)22(26)23(27)24(20)13-18(30-3)31-4/h5-12,18,20,25H,13H2,1-4H3/t20-/m0/s1. The summed E-state index contributed by atoms with van der Waals surface area (Å²) in [7, 11) is 5.89. The zero-order chi connectivity index (χ0) is 22.5. The lowest BCUT2D eigenvalue weighted by Crippen LogP contribution is -2.38. The summed E-state index contributed by atoms with van der Waals surface area (Å²) < 4.78 is 21.3. The van der Waals surface area contributed by atoms with Crippen molar-refractivity contribution in [3.63, 3.8) is 0 Å². The first-order valence-corrected chi connectivity index (χ1v) is 9.58. The molecule has 1 aliphatic rings. The minimum atomic E-state index is -0.908. The molecule has 0 bridgehead atoms. The summed E-state index contributed by atoms with van der Waals surface area (Å²) >= 11 is 0. The van der Waals surface area contributed by atoms with E-state index < -0.39 is 24.0 Å². The van der Waals surface area contributed by atoms with Crippen LogP contribution in [-0.4, -0.2) is 63.0 Å². The monoisotopic (exact) mass is 427 g/mol. The molecule has 164 valence electrons. The number of aliphatic hydroxyl groups excluding tert-OH is 1. The van der Waals surface area contributed by atoms with Crippen LogP contribution in [-0.2, 0) is 19.1 Å². The second kappa shape index (κ2) is 9.63. The van der Waals surface area contributed by atoms with Crippen LogP contribution in [0, 0.1) is 0 Å². The molecule has 1 aliphatic heterocycles. The number of likely N-dealkylation sites (tertiary alicyclic amines) is 1. The lowest BCUT2D eigenvalue weighted by molar-refractivity contribution is -0.149. The SMILES string of the molecule is COc1ccc([C@H]2C(=C(O)c3ccccc3)C(=O)C(=O)N2CC(OC)OC)c(OC)c1. The molecule has 8 heteroatoms. The number of hydrogen-bond acceptors (Lipinski definition) is 7. The van der Waals surface area contributed by atoms with Crippen LogP contribution < -0.4 is 9.47 Å². The maximum atomic E-state index is 13.0. The fourth-order valence-corrected chi connectivity index (χ4v) is 3.59. The third-order valence-corrected chi connectivity index (χ3v) is 5.19. The Morgan fingerprint density at radius 1 is 1.00 bits per heavy atom. The molecule has 0 unspecified atom stereocenters. The highest BCUT2D eigenvalue weighted by molar-refractivity contribution is 6.46. The van der Waals surface area contributed by atoms with E-state index in [0.717, 1.165) is 0 Å². The van der Waals surface area contributed by atoms with E-state index in [1.54, 1.807) is 48.5 Å². The van der Waals surface area contributed by atoms with E-state index in [-0.39, 0.29) is 17.9 Å². The lowest BCUT2D eigenvalue weighted by Gasteiger charge is -2.29. The first-order valence-electron chi connectivity index (χ1n) is 9.58. The van der Waals surface area contributed by atoms with E-state index in [0.29, 0.717) is 22.6 Å². The predicted octanol–water partition coefficient (Wildman–Crippen LogP) is 2.74. The number of amides is 1. The summed E-state index contributed by atoms with van der Waals surface area (Å²) in [4.78, 5) is 27.3. The largest absolute Gasteiger partial charge is 0.507 e. The third kappa shape index (κ3) is 4.26. The molecule has 1 fully saturated rings. The van der Waals surface area contributed by atoms with E-state index >= 15 is 0 Å². The number of carbonyl (C=O) groups excluding carboxylic acids is 2. The van der Waals surface area contributed by atoms with Crippen LogP contribution >= 0.6 is 0 Å². The molecule has 2 aromatic carbocycles. The Kier molecular flexibility index (Phi) is 6.94. The highest BCUT2D eigenvalue weighted by atomic mass is 16.7. The minimum Gasteiger partial charge on any atom is -0.507 e. The average molecular weight is 427 g/mol. The van der Waals surface area contributed by atoms with Crippen LogP contribution in [0.2, 0.25) is 0 Å². The molecular weight excluding hydrogens is 402 g/mol. The molecule has 1 amide bonds. The smallest absolute Gasteiger partial charge is 0.295 e. The summed E-state index contributed by atoms with van der Waals surface area (Å²) in [5, 5.41) is 11.0. The van der Waals surface area contributed by atoms with Crippen LogP contribution in [0.15, 0.2) is 54.1 Å². The molecule has 1 N–H and O–H groups in total. The summed E-state index contributed by atoms with van der Waals surface area (Å²) in [5.41, 5.74) is 0.907. The first kappa shape index (κ1) is 22.3. The van der Waals surface area contributed by atoms with E-state index in [9.17, 15) is 14.7 Å². The Morgan fingerprint density at radius 2 is 1.68 bits per heavy atom. The summed E-state index contributed by atoms with van der Waals surface area (Å²) in [5.74, 6) is -0.876. The van der Waals surface area contributed by atoms with Crippen LogP contribution in [0.25, 0.3) is 5.76 Å². The summed E-state index contributed by atoms with van der Waals surface area (Å²) in [6.45, 7) is -0.0248. The molecule has 1 saturated heterocycles. The number of carbonyl (C=O) groups is 2.